The van der Waals surface area contributed by atoms with Crippen molar-refractivity contribution in [3.05, 3.63) is 29.8 Å². The van der Waals surface area contributed by atoms with E-state index < -0.39 is 11.6 Å². The van der Waals surface area contributed by atoms with Crippen LogP contribution < -0.4 is 15.4 Å². The minimum Gasteiger partial charge on any atom is -0.487 e. The Kier molecular flexibility index (Phi) is 4.62. The molecule has 1 aliphatic heterocycles. The van der Waals surface area contributed by atoms with Crippen LogP contribution in [0.25, 0.3) is 0 Å². The van der Waals surface area contributed by atoms with E-state index in [1.165, 1.54) is 7.11 Å². The second-order valence-electron chi connectivity index (χ2n) is 7.50. The number of hydrogen-bond acceptors (Lipinski definition) is 4. The monoisotopic (exact) mass is 346 g/mol. The van der Waals surface area contributed by atoms with Crippen LogP contribution >= 0.6 is 0 Å². The van der Waals surface area contributed by atoms with Crippen LogP contribution in [0.4, 0.5) is 4.79 Å². The molecule has 1 fully saturated rings. The fourth-order valence-corrected chi connectivity index (χ4v) is 3.77. The molecule has 6 heteroatoms. The molecule has 1 aliphatic carbocycles. The van der Waals surface area contributed by atoms with Gasteiger partial charge in [0.05, 0.1) is 13.2 Å². The maximum Gasteiger partial charge on any atom is 0.407 e. The van der Waals surface area contributed by atoms with Crippen molar-refractivity contribution in [2.24, 2.45) is 0 Å². The van der Waals surface area contributed by atoms with E-state index in [9.17, 15) is 9.59 Å². The number of nitrogens with one attached hydrogen (secondary N) is 2. The fraction of sp³-hybridized carbons (Fsp3) is 0.579. The van der Waals surface area contributed by atoms with Crippen molar-refractivity contribution in [1.29, 1.82) is 0 Å². The zero-order valence-corrected chi connectivity index (χ0v) is 15.1. The van der Waals surface area contributed by atoms with Gasteiger partial charge < -0.3 is 20.1 Å². The summed E-state index contributed by atoms with van der Waals surface area (Å²) in [6, 6.07) is 7.73. The first-order chi connectivity index (χ1) is 11.9. The Hall–Kier alpha value is -2.24. The Morgan fingerprint density at radius 2 is 1.92 bits per heavy atom. The third-order valence-corrected chi connectivity index (χ3v) is 5.18. The lowest BCUT2D eigenvalue weighted by molar-refractivity contribution is -0.127. The van der Waals surface area contributed by atoms with E-state index >= 15 is 0 Å². The number of fused-ring (bicyclic) bond motifs is 1. The van der Waals surface area contributed by atoms with Crippen LogP contribution in [-0.2, 0) is 9.53 Å². The van der Waals surface area contributed by atoms with Crippen LogP contribution in [0.15, 0.2) is 24.3 Å². The summed E-state index contributed by atoms with van der Waals surface area (Å²) in [6.45, 7) is 3.33. The van der Waals surface area contributed by atoms with Crippen LogP contribution in [0.5, 0.6) is 5.75 Å². The van der Waals surface area contributed by atoms with Crippen LogP contribution in [0.2, 0.25) is 0 Å². The molecule has 3 rings (SSSR count). The summed E-state index contributed by atoms with van der Waals surface area (Å²) < 4.78 is 10.9. The molecule has 1 atom stereocenters. The van der Waals surface area contributed by atoms with Gasteiger partial charge in [0.25, 0.3) is 0 Å². The minimum atomic E-state index is -1.07. The third-order valence-electron chi connectivity index (χ3n) is 5.18. The summed E-state index contributed by atoms with van der Waals surface area (Å²) in [7, 11) is 1.28. The zero-order chi connectivity index (χ0) is 18.1. The third kappa shape index (κ3) is 3.57. The molecule has 2 N–H and O–H groups in total. The fourth-order valence-electron chi connectivity index (χ4n) is 3.77. The van der Waals surface area contributed by atoms with Crippen molar-refractivity contribution < 1.29 is 19.1 Å². The van der Waals surface area contributed by atoms with Crippen LogP contribution in [0.1, 0.15) is 57.6 Å². The maximum absolute atomic E-state index is 12.8. The van der Waals surface area contributed by atoms with E-state index in [1.807, 2.05) is 24.3 Å². The van der Waals surface area contributed by atoms with E-state index in [-0.39, 0.29) is 17.6 Å². The number of benzene rings is 1. The molecule has 1 heterocycles. The van der Waals surface area contributed by atoms with E-state index in [2.05, 4.69) is 15.4 Å². The van der Waals surface area contributed by atoms with E-state index in [4.69, 9.17) is 4.74 Å². The standard InChI is InChI=1S/C19H26N2O4/c1-18(2,21-17(23)24-3)16(22)20-14-12-19(10-6-7-11-19)25-15-9-5-4-8-13(14)15/h4-5,8-9,14H,6-7,10-12H2,1-3H3,(H,20,22)(H,21,23). The van der Waals surface area contributed by atoms with Gasteiger partial charge in [0, 0.05) is 12.0 Å². The Balaban J connectivity index is 1.81. The van der Waals surface area contributed by atoms with E-state index in [1.54, 1.807) is 13.8 Å². The smallest absolute Gasteiger partial charge is 0.407 e. The number of carbonyl (C=O) groups excluding carboxylic acids is 2. The molecule has 1 saturated carbocycles. The SMILES string of the molecule is COC(=O)NC(C)(C)C(=O)NC1CC2(CCCC2)Oc2ccccc21. The first kappa shape index (κ1) is 17.6. The highest BCUT2D eigenvalue weighted by Gasteiger charge is 2.44. The molecule has 25 heavy (non-hydrogen) atoms. The molecular weight excluding hydrogens is 320 g/mol. The van der Waals surface area contributed by atoms with E-state index in [0.717, 1.165) is 43.4 Å². The molecule has 1 aromatic rings. The highest BCUT2D eigenvalue weighted by atomic mass is 16.5. The molecule has 1 aromatic carbocycles. The van der Waals surface area contributed by atoms with Gasteiger partial charge in [-0.2, -0.15) is 0 Å². The molecule has 1 spiro atoms. The molecule has 2 amide bonds. The van der Waals surface area contributed by atoms with Crippen molar-refractivity contribution >= 4 is 12.0 Å². The Morgan fingerprint density at radius 3 is 2.60 bits per heavy atom. The first-order valence-corrected chi connectivity index (χ1v) is 8.80. The second kappa shape index (κ2) is 6.58. The van der Waals surface area contributed by atoms with Gasteiger partial charge in [0.1, 0.15) is 16.9 Å². The first-order valence-electron chi connectivity index (χ1n) is 8.80. The Labute approximate surface area is 148 Å². The summed E-state index contributed by atoms with van der Waals surface area (Å²) in [6.07, 6.45) is 4.45. The van der Waals surface area contributed by atoms with E-state index in [0.29, 0.717) is 0 Å². The average Bonchev–Trinajstić information content (AvgIpc) is 3.01. The summed E-state index contributed by atoms with van der Waals surface area (Å²) in [5, 5.41) is 5.68. The predicted octanol–water partition coefficient (Wildman–Crippen LogP) is 3.07. The number of para-hydroxylation sites is 1. The van der Waals surface area contributed by atoms with Crippen molar-refractivity contribution in [3.63, 3.8) is 0 Å². The van der Waals surface area contributed by atoms with Crippen molar-refractivity contribution in [2.45, 2.75) is 63.1 Å². The number of carbonyl (C=O) groups is 2. The molecule has 2 aliphatic rings. The Bertz CT molecular complexity index is 665. The lowest BCUT2D eigenvalue weighted by atomic mass is 9.85. The molecular formula is C19H26N2O4. The molecule has 0 radical (unpaired) electrons. The van der Waals surface area contributed by atoms with Crippen molar-refractivity contribution in [1.82, 2.24) is 10.6 Å². The lowest BCUT2D eigenvalue weighted by Gasteiger charge is -2.41. The van der Waals surface area contributed by atoms with Gasteiger partial charge >= 0.3 is 6.09 Å². The van der Waals surface area contributed by atoms with Crippen LogP contribution in [-0.4, -0.2) is 30.3 Å². The summed E-state index contributed by atoms with van der Waals surface area (Å²) in [4.78, 5) is 24.3. The highest BCUT2D eigenvalue weighted by molar-refractivity contribution is 5.89. The average molecular weight is 346 g/mol. The van der Waals surface area contributed by atoms with Gasteiger partial charge in [0.2, 0.25) is 5.91 Å². The van der Waals surface area contributed by atoms with Crippen molar-refractivity contribution in [2.75, 3.05) is 7.11 Å². The second-order valence-corrected chi connectivity index (χ2v) is 7.50. The molecule has 0 bridgehead atoms. The molecule has 136 valence electrons. The summed E-state index contributed by atoms with van der Waals surface area (Å²) >= 11 is 0. The normalized spacial score (nSPS) is 21.2. The summed E-state index contributed by atoms with van der Waals surface area (Å²) in [5.41, 5.74) is -0.266. The lowest BCUT2D eigenvalue weighted by Crippen LogP contribution is -2.56. The van der Waals surface area contributed by atoms with Gasteiger partial charge in [-0.3, -0.25) is 4.79 Å². The number of ether oxygens (including phenoxy) is 2. The topological polar surface area (TPSA) is 76.7 Å². The summed E-state index contributed by atoms with van der Waals surface area (Å²) in [5.74, 6) is 0.604. The van der Waals surface area contributed by atoms with Gasteiger partial charge in [-0.25, -0.2) is 4.79 Å². The van der Waals surface area contributed by atoms with Crippen molar-refractivity contribution in [3.8, 4) is 5.75 Å². The minimum absolute atomic E-state index is 0.130. The van der Waals surface area contributed by atoms with Gasteiger partial charge in [-0.15, -0.1) is 0 Å². The number of hydrogen-bond donors (Lipinski definition) is 2. The highest BCUT2D eigenvalue weighted by Crippen LogP contribution is 2.47. The molecule has 0 saturated heterocycles. The van der Waals surface area contributed by atoms with Gasteiger partial charge in [-0.1, -0.05) is 18.2 Å². The number of amides is 2. The maximum atomic E-state index is 12.8. The zero-order valence-electron chi connectivity index (χ0n) is 15.1. The molecule has 6 nitrogen and oxygen atoms in total. The molecule has 1 unspecified atom stereocenters. The number of alkyl carbamates (subject to hydrolysis) is 1. The van der Waals surface area contributed by atoms with Crippen LogP contribution in [0.3, 0.4) is 0 Å². The number of rotatable bonds is 3. The quantitative estimate of drug-likeness (QED) is 0.882. The Morgan fingerprint density at radius 1 is 1.24 bits per heavy atom. The van der Waals surface area contributed by atoms with Crippen LogP contribution in [0, 0.1) is 0 Å². The van der Waals surface area contributed by atoms with Gasteiger partial charge in [0.15, 0.2) is 0 Å². The largest absolute Gasteiger partial charge is 0.487 e. The predicted molar refractivity (Wildman–Crippen MR) is 93.4 cm³/mol. The van der Waals surface area contributed by atoms with Gasteiger partial charge in [-0.05, 0) is 45.6 Å². The molecule has 0 aromatic heterocycles. The number of methoxy groups -OCH3 is 1.